The van der Waals surface area contributed by atoms with Gasteiger partial charge in [-0.15, -0.1) is 0 Å². The summed E-state index contributed by atoms with van der Waals surface area (Å²) in [6, 6.07) is 29.6. The van der Waals surface area contributed by atoms with Crippen LogP contribution in [0, 0.1) is 12.8 Å². The molecule has 0 radical (unpaired) electrons. The second-order valence-electron chi connectivity index (χ2n) is 21.2. The van der Waals surface area contributed by atoms with Gasteiger partial charge in [0.05, 0.1) is 33.4 Å². The monoisotopic (exact) mass is 1010 g/mol. The number of benzene rings is 4. The predicted molar refractivity (Wildman–Crippen MR) is 289 cm³/mol. The Hall–Kier alpha value is -7.17. The predicted octanol–water partition coefficient (Wildman–Crippen LogP) is 9.91. The number of pyridine rings is 1. The third-order valence-electron chi connectivity index (χ3n) is 15.9. The fourth-order valence-electron chi connectivity index (χ4n) is 12.0. The molecule has 1 unspecified atom stereocenters. The zero-order valence-corrected chi connectivity index (χ0v) is 43.3. The van der Waals surface area contributed by atoms with Crippen molar-refractivity contribution in [3.05, 3.63) is 125 Å². The molecule has 3 amide bonds. The highest BCUT2D eigenvalue weighted by Gasteiger charge is 2.36. The van der Waals surface area contributed by atoms with Gasteiger partial charge in [-0.3, -0.25) is 34.6 Å². The van der Waals surface area contributed by atoms with Crippen LogP contribution in [-0.2, 0) is 29.6 Å². The Morgan fingerprint density at radius 1 is 0.892 bits per heavy atom. The molecule has 3 N–H and O–H groups in total. The van der Waals surface area contributed by atoms with Crippen LogP contribution in [0.4, 0.5) is 16.6 Å². The smallest absolute Gasteiger partial charge is 0.355 e. The van der Waals surface area contributed by atoms with Gasteiger partial charge >= 0.3 is 5.97 Å². The van der Waals surface area contributed by atoms with Crippen molar-refractivity contribution in [2.45, 2.75) is 103 Å². The number of piperazine rings is 1. The number of amides is 3. The topological polar surface area (TPSA) is 175 Å². The number of para-hydroxylation sites is 1. The number of aryl methyl sites for hydroxylation is 1. The Morgan fingerprint density at radius 2 is 1.72 bits per heavy atom. The Balaban J connectivity index is 0.676. The van der Waals surface area contributed by atoms with Crippen LogP contribution in [0.25, 0.3) is 32.2 Å². The molecule has 16 heteroatoms. The average Bonchev–Trinajstić information content (AvgIpc) is 3.95. The molecule has 2 saturated heterocycles. The van der Waals surface area contributed by atoms with Gasteiger partial charge in [0, 0.05) is 73.9 Å². The summed E-state index contributed by atoms with van der Waals surface area (Å²) in [5, 5.41) is 22.3. The normalized spacial score (nSPS) is 20.1. The number of carbonyl (C=O) groups excluding carboxylic acids is 3. The number of anilines is 3. The van der Waals surface area contributed by atoms with Gasteiger partial charge in [-0.05, 0) is 161 Å². The van der Waals surface area contributed by atoms with Gasteiger partial charge in [0.1, 0.15) is 11.6 Å². The largest absolute Gasteiger partial charge is 0.490 e. The number of fused-ring (bicyclic) bond motifs is 3. The Kier molecular flexibility index (Phi) is 13.4. The van der Waals surface area contributed by atoms with Crippen molar-refractivity contribution in [2.75, 3.05) is 47.8 Å². The van der Waals surface area contributed by atoms with Crippen molar-refractivity contribution in [1.29, 1.82) is 0 Å². The molecule has 74 heavy (non-hydrogen) atoms. The second kappa shape index (κ2) is 20.3. The van der Waals surface area contributed by atoms with Crippen LogP contribution in [0.15, 0.2) is 91.0 Å². The molecule has 1 saturated carbocycles. The highest BCUT2D eigenvalue weighted by atomic mass is 32.1. The number of aromatic nitrogens is 4. The van der Waals surface area contributed by atoms with Gasteiger partial charge in [0.2, 0.25) is 11.8 Å². The number of carbonyl (C=O) groups is 4. The van der Waals surface area contributed by atoms with Gasteiger partial charge in [-0.1, -0.05) is 47.7 Å². The fraction of sp³-hybridized carbons (Fsp3) is 0.397. The molecule has 6 heterocycles. The summed E-state index contributed by atoms with van der Waals surface area (Å²) in [5.41, 5.74) is 8.38. The zero-order valence-electron chi connectivity index (χ0n) is 42.5. The lowest BCUT2D eigenvalue weighted by atomic mass is 9.84. The van der Waals surface area contributed by atoms with E-state index in [4.69, 9.17) is 14.8 Å². The Labute approximate surface area is 434 Å². The fourth-order valence-corrected chi connectivity index (χ4v) is 12.9. The molecule has 7 aromatic rings. The minimum atomic E-state index is -1.10. The molecule has 3 fully saturated rings. The summed E-state index contributed by atoms with van der Waals surface area (Å²) >= 11 is 1.44. The number of ether oxygens (including phenoxy) is 1. The highest BCUT2D eigenvalue weighted by molar-refractivity contribution is 7.22. The number of aromatic carboxylic acids is 1. The number of carboxylic acids is 1. The molecule has 3 aliphatic heterocycles. The van der Waals surface area contributed by atoms with E-state index in [0.29, 0.717) is 60.3 Å². The SMILES string of the molecule is Cc1c(O[C@H]2CC[C@H](CCCN3CCN(c4ccc5c(C6CCC(=O)NC6=O)nn(C)c5c4)C(C)(C)C3)CC2)cccc1-c1ccc(N2CCc3cccc(C(=O)Nc4nc5ccccc5s4)c3C2)nc1C(=O)O. The van der Waals surface area contributed by atoms with Crippen LogP contribution >= 0.6 is 11.3 Å². The van der Waals surface area contributed by atoms with Crippen LogP contribution in [0.2, 0.25) is 0 Å². The van der Waals surface area contributed by atoms with Crippen LogP contribution in [-0.4, -0.2) is 97.8 Å². The quantitative estimate of drug-likeness (QED) is 0.0935. The van der Waals surface area contributed by atoms with Crippen molar-refractivity contribution in [1.82, 2.24) is 30.0 Å². The number of piperidine rings is 1. The van der Waals surface area contributed by atoms with Gasteiger partial charge in [0.25, 0.3) is 5.91 Å². The van der Waals surface area contributed by atoms with Crippen LogP contribution < -0.4 is 25.2 Å². The maximum Gasteiger partial charge on any atom is 0.355 e. The summed E-state index contributed by atoms with van der Waals surface area (Å²) < 4.78 is 9.57. The number of hydrogen-bond acceptors (Lipinski definition) is 12. The summed E-state index contributed by atoms with van der Waals surface area (Å²) in [6.45, 7) is 11.6. The van der Waals surface area contributed by atoms with Crippen molar-refractivity contribution in [2.24, 2.45) is 13.0 Å². The molecule has 11 rings (SSSR count). The Bertz CT molecular complexity index is 3290. The second-order valence-corrected chi connectivity index (χ2v) is 22.2. The van der Waals surface area contributed by atoms with E-state index in [1.165, 1.54) is 17.8 Å². The molecule has 15 nitrogen and oxygen atoms in total. The number of thiazole rings is 1. The zero-order chi connectivity index (χ0) is 51.3. The first-order chi connectivity index (χ1) is 35.8. The maximum absolute atomic E-state index is 13.7. The van der Waals surface area contributed by atoms with Crippen molar-refractivity contribution in [3.63, 3.8) is 0 Å². The van der Waals surface area contributed by atoms with E-state index < -0.39 is 11.9 Å². The molecular weight excluding hydrogens is 951 g/mol. The van der Waals surface area contributed by atoms with Crippen LogP contribution in [0.5, 0.6) is 5.75 Å². The lowest BCUT2D eigenvalue weighted by Gasteiger charge is -2.48. The van der Waals surface area contributed by atoms with E-state index in [-0.39, 0.29) is 35.1 Å². The van der Waals surface area contributed by atoms with Crippen LogP contribution in [0.3, 0.4) is 0 Å². The Morgan fingerprint density at radius 3 is 2.51 bits per heavy atom. The molecule has 4 aliphatic rings. The number of imide groups is 1. The lowest BCUT2D eigenvalue weighted by Crippen LogP contribution is -2.59. The highest BCUT2D eigenvalue weighted by Crippen LogP contribution is 2.39. The minimum absolute atomic E-state index is 0.0209. The van der Waals surface area contributed by atoms with E-state index in [9.17, 15) is 24.3 Å². The molecule has 382 valence electrons. The van der Waals surface area contributed by atoms with Crippen molar-refractivity contribution in [3.8, 4) is 16.9 Å². The van der Waals surface area contributed by atoms with Gasteiger partial charge in [-0.2, -0.15) is 5.10 Å². The summed E-state index contributed by atoms with van der Waals surface area (Å²) in [7, 11) is 1.92. The van der Waals surface area contributed by atoms with E-state index in [0.717, 1.165) is 119 Å². The summed E-state index contributed by atoms with van der Waals surface area (Å²) in [5.74, 6) is -0.252. The number of rotatable bonds is 13. The number of carboxylic acid groups (broad SMARTS) is 1. The lowest BCUT2D eigenvalue weighted by molar-refractivity contribution is -0.134. The number of nitrogens with zero attached hydrogens (tertiary/aromatic N) is 7. The van der Waals surface area contributed by atoms with Crippen LogP contribution in [0.1, 0.15) is 114 Å². The summed E-state index contributed by atoms with van der Waals surface area (Å²) in [6.07, 6.45) is 8.15. The first-order valence-electron chi connectivity index (χ1n) is 26.1. The summed E-state index contributed by atoms with van der Waals surface area (Å²) in [4.78, 5) is 67.6. The third-order valence-corrected chi connectivity index (χ3v) is 16.9. The first-order valence-corrected chi connectivity index (χ1v) is 26.9. The van der Waals surface area contributed by atoms with Gasteiger partial charge in [0.15, 0.2) is 10.8 Å². The standard InChI is InChI=1S/C58H63N9O6S/c1-35-40(41-23-25-50(60-53(41)56(71)72)66-29-27-37-11-7-13-42(45(37)33-66)54(69)62-57-59-46-14-5-6-16-49(46)74-57)12-8-15-48(35)73-39-20-17-36(18-21-39)10-9-28-65-30-31-67(58(2,3)34-65)38-19-22-43-47(32-38)64(4)63-52(43)44-24-26-51(68)61-55(44)70/h5-8,11-16,19,22-23,25,32,36,39,44H,9-10,17-18,20-21,24,26-31,33-34H2,1-4H3,(H,71,72)(H,59,62,69)(H,61,68,70)/t36-,39-,44?. The van der Waals surface area contributed by atoms with Gasteiger partial charge in [-0.25, -0.2) is 14.8 Å². The van der Waals surface area contributed by atoms with Crippen molar-refractivity contribution < 1.29 is 29.0 Å². The van der Waals surface area contributed by atoms with Crippen molar-refractivity contribution >= 4 is 72.8 Å². The van der Waals surface area contributed by atoms with E-state index in [1.54, 1.807) is 0 Å². The number of nitrogens with one attached hydrogen (secondary N) is 2. The minimum Gasteiger partial charge on any atom is -0.490 e. The van der Waals surface area contributed by atoms with E-state index in [2.05, 4.69) is 57.5 Å². The molecule has 0 bridgehead atoms. The number of hydrogen-bond donors (Lipinski definition) is 3. The maximum atomic E-state index is 13.7. The van der Waals surface area contributed by atoms with E-state index >= 15 is 0 Å². The third kappa shape index (κ3) is 9.84. The van der Waals surface area contributed by atoms with Gasteiger partial charge < -0.3 is 19.6 Å². The molecule has 0 spiro atoms. The molecule has 1 atom stereocenters. The van der Waals surface area contributed by atoms with E-state index in [1.807, 2.05) is 96.3 Å². The molecule has 4 aromatic carbocycles. The first kappa shape index (κ1) is 49.1. The molecule has 3 aromatic heterocycles. The average molecular weight is 1010 g/mol. The molecular formula is C58H63N9O6S. The molecule has 1 aliphatic carbocycles.